The van der Waals surface area contributed by atoms with Gasteiger partial charge in [-0.1, -0.05) is 13.8 Å². The third-order valence-corrected chi connectivity index (χ3v) is 4.37. The molecule has 1 N–H and O–H groups in total. The van der Waals surface area contributed by atoms with Crippen LogP contribution in [0.25, 0.3) is 0 Å². The molecule has 0 aromatic heterocycles. The summed E-state index contributed by atoms with van der Waals surface area (Å²) in [4.78, 5) is 21.9. The van der Waals surface area contributed by atoms with E-state index in [1.165, 1.54) is 0 Å². The van der Waals surface area contributed by atoms with E-state index in [4.69, 9.17) is 19.3 Å². The maximum absolute atomic E-state index is 11.7. The predicted octanol–water partition coefficient (Wildman–Crippen LogP) is 3.62. The average Bonchev–Trinajstić information content (AvgIpc) is 2.84. The van der Waals surface area contributed by atoms with Gasteiger partial charge in [0.1, 0.15) is 12.7 Å². The third-order valence-electron chi connectivity index (χ3n) is 4.37. The van der Waals surface area contributed by atoms with Crippen LogP contribution in [0.2, 0.25) is 0 Å². The molecule has 6 nitrogen and oxygen atoms in total. The minimum atomic E-state index is -0.722. The van der Waals surface area contributed by atoms with Gasteiger partial charge in [-0.2, -0.15) is 0 Å². The summed E-state index contributed by atoms with van der Waals surface area (Å²) in [5.74, 6) is -1.46. The van der Waals surface area contributed by atoms with E-state index < -0.39 is 22.6 Å². The van der Waals surface area contributed by atoms with Crippen molar-refractivity contribution in [2.24, 2.45) is 10.8 Å². The number of carboxylic acids is 1. The molecule has 0 radical (unpaired) electrons. The lowest BCUT2D eigenvalue weighted by Crippen LogP contribution is -2.30. The van der Waals surface area contributed by atoms with E-state index in [-0.39, 0.29) is 18.7 Å². The maximum atomic E-state index is 11.7. The number of carbonyl (C=O) groups is 2. The van der Waals surface area contributed by atoms with Crippen LogP contribution in [0.1, 0.15) is 68.2 Å². The fourth-order valence-electron chi connectivity index (χ4n) is 1.50. The first-order valence-corrected chi connectivity index (χ1v) is 8.50. The molecule has 0 aliphatic carbocycles. The highest BCUT2D eigenvalue weighted by Gasteiger charge is 2.34. The molecule has 1 rings (SSSR count). The first-order chi connectivity index (χ1) is 10.8. The van der Waals surface area contributed by atoms with Gasteiger partial charge in [0.25, 0.3) is 0 Å². The van der Waals surface area contributed by atoms with E-state index in [0.29, 0.717) is 13.0 Å². The lowest BCUT2D eigenvalue weighted by molar-refractivity contribution is -0.165. The highest BCUT2D eigenvalue weighted by atomic mass is 16.7. The lowest BCUT2D eigenvalue weighted by atomic mass is 9.91. The van der Waals surface area contributed by atoms with E-state index in [0.717, 1.165) is 6.42 Å². The van der Waals surface area contributed by atoms with Crippen LogP contribution in [0, 0.1) is 10.8 Å². The van der Waals surface area contributed by atoms with Gasteiger partial charge in [-0.05, 0) is 54.4 Å². The molecule has 1 aliphatic rings. The Bertz CT molecular complexity index is 425. The zero-order chi connectivity index (χ0) is 19.2. The topological polar surface area (TPSA) is 82.1 Å². The van der Waals surface area contributed by atoms with E-state index in [2.05, 4.69) is 0 Å². The fourth-order valence-corrected chi connectivity index (χ4v) is 1.50. The van der Waals surface area contributed by atoms with E-state index in [1.807, 2.05) is 41.5 Å². The molecule has 6 heteroatoms. The standard InChI is InChI=1S/C12H22O4.C6H12O2/c1-6-11(2,3)10(13)14-7-9-8-15-12(4,5)16-9;1-4-6(2,3)5(7)8/h9H,6-8H2,1-5H3;4H2,1-3H3,(H,7,8). The minimum absolute atomic E-state index is 0.147. The zero-order valence-electron chi connectivity index (χ0n) is 16.4. The Kier molecular flexibility index (Phi) is 8.39. The highest BCUT2D eigenvalue weighted by molar-refractivity contribution is 5.75. The van der Waals surface area contributed by atoms with Crippen molar-refractivity contribution in [1.82, 2.24) is 0 Å². The van der Waals surface area contributed by atoms with Crippen LogP contribution in [0.4, 0.5) is 0 Å². The van der Waals surface area contributed by atoms with Gasteiger partial charge < -0.3 is 19.3 Å². The number of rotatable bonds is 6. The fraction of sp³-hybridized carbons (Fsp3) is 0.889. The van der Waals surface area contributed by atoms with E-state index in [9.17, 15) is 9.59 Å². The molecule has 0 spiro atoms. The molecular formula is C18H34O6. The normalized spacial score (nSPS) is 20.1. The molecule has 142 valence electrons. The van der Waals surface area contributed by atoms with Crippen LogP contribution in [0.15, 0.2) is 0 Å². The number of aliphatic carboxylic acids is 1. The second kappa shape index (κ2) is 8.81. The molecule has 1 aliphatic heterocycles. The second-order valence-corrected chi connectivity index (χ2v) is 7.83. The Hall–Kier alpha value is -1.14. The van der Waals surface area contributed by atoms with Crippen LogP contribution >= 0.6 is 0 Å². The van der Waals surface area contributed by atoms with Crippen molar-refractivity contribution >= 4 is 11.9 Å². The highest BCUT2D eigenvalue weighted by Crippen LogP contribution is 2.25. The second-order valence-electron chi connectivity index (χ2n) is 7.83. The number of esters is 1. The number of hydrogen-bond donors (Lipinski definition) is 1. The monoisotopic (exact) mass is 346 g/mol. The van der Waals surface area contributed by atoms with Gasteiger partial charge in [0.15, 0.2) is 5.79 Å². The van der Waals surface area contributed by atoms with Gasteiger partial charge in [0, 0.05) is 0 Å². The van der Waals surface area contributed by atoms with Gasteiger partial charge in [-0.3, -0.25) is 9.59 Å². The largest absolute Gasteiger partial charge is 0.481 e. The number of ether oxygens (including phenoxy) is 3. The molecule has 1 saturated heterocycles. The lowest BCUT2D eigenvalue weighted by Gasteiger charge is -2.22. The molecule has 0 amide bonds. The SMILES string of the molecule is CCC(C)(C)C(=O)O.CCC(C)(C)C(=O)OCC1COC(C)(C)O1. The Morgan fingerprint density at radius 3 is 1.92 bits per heavy atom. The van der Waals surface area contributed by atoms with Gasteiger partial charge in [-0.25, -0.2) is 0 Å². The molecule has 0 saturated carbocycles. The maximum Gasteiger partial charge on any atom is 0.311 e. The summed E-state index contributed by atoms with van der Waals surface area (Å²) in [6, 6.07) is 0. The van der Waals surface area contributed by atoms with E-state index in [1.54, 1.807) is 13.8 Å². The van der Waals surface area contributed by atoms with Gasteiger partial charge in [0.05, 0.1) is 17.4 Å². The Morgan fingerprint density at radius 1 is 1.12 bits per heavy atom. The Balaban J connectivity index is 0.000000561. The average molecular weight is 346 g/mol. The molecule has 0 aromatic rings. The van der Waals surface area contributed by atoms with Crippen molar-refractivity contribution in [1.29, 1.82) is 0 Å². The molecule has 1 heterocycles. The first-order valence-electron chi connectivity index (χ1n) is 8.50. The van der Waals surface area contributed by atoms with Crippen LogP contribution in [-0.2, 0) is 23.8 Å². The zero-order valence-corrected chi connectivity index (χ0v) is 16.4. The van der Waals surface area contributed by atoms with Crippen molar-refractivity contribution in [2.45, 2.75) is 80.1 Å². The summed E-state index contributed by atoms with van der Waals surface area (Å²) < 4.78 is 16.2. The van der Waals surface area contributed by atoms with Crippen molar-refractivity contribution in [3.63, 3.8) is 0 Å². The van der Waals surface area contributed by atoms with Crippen LogP contribution in [0.5, 0.6) is 0 Å². The number of hydrogen-bond acceptors (Lipinski definition) is 5. The molecule has 1 atom stereocenters. The van der Waals surface area contributed by atoms with Crippen molar-refractivity contribution in [2.75, 3.05) is 13.2 Å². The van der Waals surface area contributed by atoms with Crippen LogP contribution < -0.4 is 0 Å². The predicted molar refractivity (Wildman–Crippen MR) is 91.6 cm³/mol. The van der Waals surface area contributed by atoms with Crippen molar-refractivity contribution in [3.8, 4) is 0 Å². The van der Waals surface area contributed by atoms with Crippen molar-refractivity contribution < 1.29 is 28.9 Å². The number of carbonyl (C=O) groups excluding carboxylic acids is 1. The summed E-state index contributed by atoms with van der Waals surface area (Å²) in [6.07, 6.45) is 1.30. The van der Waals surface area contributed by atoms with Gasteiger partial charge in [0.2, 0.25) is 0 Å². The van der Waals surface area contributed by atoms with Crippen molar-refractivity contribution in [3.05, 3.63) is 0 Å². The smallest absolute Gasteiger partial charge is 0.311 e. The summed E-state index contributed by atoms with van der Waals surface area (Å²) in [5, 5.41) is 8.44. The van der Waals surface area contributed by atoms with Crippen LogP contribution in [0.3, 0.4) is 0 Å². The minimum Gasteiger partial charge on any atom is -0.481 e. The summed E-state index contributed by atoms with van der Waals surface area (Å²) >= 11 is 0. The quantitative estimate of drug-likeness (QED) is 0.740. The Labute approximate surface area is 145 Å². The van der Waals surface area contributed by atoms with E-state index >= 15 is 0 Å². The molecule has 0 aromatic carbocycles. The van der Waals surface area contributed by atoms with Gasteiger partial charge >= 0.3 is 11.9 Å². The van der Waals surface area contributed by atoms with Gasteiger partial charge in [-0.15, -0.1) is 0 Å². The number of carboxylic acid groups (broad SMARTS) is 1. The van der Waals surface area contributed by atoms with Crippen LogP contribution in [-0.4, -0.2) is 42.1 Å². The molecule has 1 unspecified atom stereocenters. The molecule has 24 heavy (non-hydrogen) atoms. The Morgan fingerprint density at radius 2 is 1.62 bits per heavy atom. The summed E-state index contributed by atoms with van der Waals surface area (Å²) in [6.45, 7) is 15.5. The molecular weight excluding hydrogens is 312 g/mol. The third kappa shape index (κ3) is 7.62. The molecule has 1 fully saturated rings. The summed E-state index contributed by atoms with van der Waals surface area (Å²) in [5.41, 5.74) is -0.963. The summed E-state index contributed by atoms with van der Waals surface area (Å²) in [7, 11) is 0. The first kappa shape index (κ1) is 22.9. The molecule has 0 bridgehead atoms.